The SMILES string of the molecule is Cc1cc2c(NC(C)C3CC3)ccc(N)c2cn1. The number of rotatable bonds is 3. The molecule has 1 aromatic carbocycles. The van der Waals surface area contributed by atoms with Crippen LogP contribution in [0.2, 0.25) is 0 Å². The Morgan fingerprint density at radius 1 is 1.33 bits per heavy atom. The summed E-state index contributed by atoms with van der Waals surface area (Å²) < 4.78 is 0. The van der Waals surface area contributed by atoms with E-state index in [1.165, 1.54) is 23.9 Å². The second kappa shape index (κ2) is 4.16. The van der Waals surface area contributed by atoms with Crippen molar-refractivity contribution in [3.05, 3.63) is 30.1 Å². The van der Waals surface area contributed by atoms with Crippen molar-refractivity contribution >= 4 is 22.1 Å². The molecule has 0 radical (unpaired) electrons. The van der Waals surface area contributed by atoms with Gasteiger partial charge in [0.1, 0.15) is 0 Å². The number of aryl methyl sites for hydroxylation is 1. The number of nitrogens with one attached hydrogen (secondary N) is 1. The summed E-state index contributed by atoms with van der Waals surface area (Å²) in [7, 11) is 0. The number of fused-ring (bicyclic) bond motifs is 1. The molecule has 1 aromatic heterocycles. The van der Waals surface area contributed by atoms with E-state index in [-0.39, 0.29) is 0 Å². The zero-order valence-corrected chi connectivity index (χ0v) is 10.9. The van der Waals surface area contributed by atoms with Gasteiger partial charge in [-0.15, -0.1) is 0 Å². The van der Waals surface area contributed by atoms with Crippen LogP contribution in [0.5, 0.6) is 0 Å². The molecule has 1 aliphatic rings. The highest BCUT2D eigenvalue weighted by atomic mass is 14.9. The smallest absolute Gasteiger partial charge is 0.0424 e. The highest BCUT2D eigenvalue weighted by Crippen LogP contribution is 2.36. The first-order chi connectivity index (χ1) is 8.65. The minimum atomic E-state index is 0.533. The lowest BCUT2D eigenvalue weighted by atomic mass is 10.1. The van der Waals surface area contributed by atoms with Crippen LogP contribution in [0.3, 0.4) is 0 Å². The summed E-state index contributed by atoms with van der Waals surface area (Å²) in [6.45, 7) is 4.27. The van der Waals surface area contributed by atoms with Gasteiger partial charge >= 0.3 is 0 Å². The molecule has 0 bridgehead atoms. The van der Waals surface area contributed by atoms with Crippen LogP contribution < -0.4 is 11.1 Å². The van der Waals surface area contributed by atoms with Crippen molar-refractivity contribution in [2.24, 2.45) is 5.92 Å². The molecule has 3 heteroatoms. The fourth-order valence-electron chi connectivity index (χ4n) is 2.45. The summed E-state index contributed by atoms with van der Waals surface area (Å²) in [6.07, 6.45) is 4.57. The van der Waals surface area contributed by atoms with E-state index < -0.39 is 0 Å². The van der Waals surface area contributed by atoms with Crippen LogP contribution in [0, 0.1) is 12.8 Å². The van der Waals surface area contributed by atoms with Gasteiger partial charge in [0.15, 0.2) is 0 Å². The fourth-order valence-corrected chi connectivity index (χ4v) is 2.45. The first-order valence-electron chi connectivity index (χ1n) is 6.56. The first-order valence-corrected chi connectivity index (χ1v) is 6.56. The molecule has 0 saturated heterocycles. The van der Waals surface area contributed by atoms with Crippen molar-refractivity contribution in [1.82, 2.24) is 4.98 Å². The van der Waals surface area contributed by atoms with Gasteiger partial charge in [0, 0.05) is 40.1 Å². The molecule has 2 aromatic rings. The van der Waals surface area contributed by atoms with Gasteiger partial charge in [-0.3, -0.25) is 4.98 Å². The molecule has 3 nitrogen and oxygen atoms in total. The first kappa shape index (κ1) is 11.3. The molecule has 3 N–H and O–H groups in total. The molecular weight excluding hydrogens is 222 g/mol. The Morgan fingerprint density at radius 2 is 2.11 bits per heavy atom. The number of pyridine rings is 1. The molecule has 1 atom stereocenters. The monoisotopic (exact) mass is 241 g/mol. The Morgan fingerprint density at radius 3 is 2.83 bits per heavy atom. The largest absolute Gasteiger partial charge is 0.398 e. The van der Waals surface area contributed by atoms with E-state index in [0.29, 0.717) is 6.04 Å². The van der Waals surface area contributed by atoms with Gasteiger partial charge < -0.3 is 11.1 Å². The Labute approximate surface area is 107 Å². The second-order valence-corrected chi connectivity index (χ2v) is 5.34. The van der Waals surface area contributed by atoms with E-state index >= 15 is 0 Å². The average Bonchev–Trinajstić information content (AvgIpc) is 3.16. The quantitative estimate of drug-likeness (QED) is 0.810. The number of nitrogens with two attached hydrogens (primary N) is 1. The number of hydrogen-bond acceptors (Lipinski definition) is 3. The van der Waals surface area contributed by atoms with Gasteiger partial charge in [0.05, 0.1) is 0 Å². The molecule has 1 fully saturated rings. The number of anilines is 2. The van der Waals surface area contributed by atoms with Crippen molar-refractivity contribution in [3.8, 4) is 0 Å². The van der Waals surface area contributed by atoms with E-state index in [0.717, 1.165) is 22.7 Å². The molecule has 1 unspecified atom stereocenters. The Balaban J connectivity index is 2.04. The van der Waals surface area contributed by atoms with E-state index in [1.807, 2.05) is 19.2 Å². The predicted molar refractivity (Wildman–Crippen MR) is 76.7 cm³/mol. The highest BCUT2D eigenvalue weighted by molar-refractivity contribution is 6.00. The molecule has 18 heavy (non-hydrogen) atoms. The van der Waals surface area contributed by atoms with E-state index in [2.05, 4.69) is 29.4 Å². The third kappa shape index (κ3) is 2.01. The normalized spacial score (nSPS) is 16.8. The molecule has 0 amide bonds. The van der Waals surface area contributed by atoms with Gasteiger partial charge in [-0.1, -0.05) is 0 Å². The molecule has 1 aliphatic carbocycles. The molecular formula is C15H19N3. The Bertz CT molecular complexity index is 588. The average molecular weight is 241 g/mol. The Kier molecular flexibility index (Phi) is 2.62. The lowest BCUT2D eigenvalue weighted by Gasteiger charge is -2.17. The standard InChI is InChI=1S/C15H19N3/c1-9-7-12-13(8-17-9)14(16)5-6-15(12)18-10(2)11-3-4-11/h5-8,10-11,18H,3-4,16H2,1-2H3. The molecule has 1 heterocycles. The zero-order chi connectivity index (χ0) is 12.7. The van der Waals surface area contributed by atoms with Crippen molar-refractivity contribution in [2.75, 3.05) is 11.1 Å². The maximum absolute atomic E-state index is 6.01. The van der Waals surface area contributed by atoms with Gasteiger partial charge in [0.2, 0.25) is 0 Å². The van der Waals surface area contributed by atoms with Gasteiger partial charge in [-0.2, -0.15) is 0 Å². The minimum Gasteiger partial charge on any atom is -0.398 e. The van der Waals surface area contributed by atoms with Gasteiger partial charge in [-0.05, 0) is 50.8 Å². The van der Waals surface area contributed by atoms with Gasteiger partial charge in [-0.25, -0.2) is 0 Å². The Hall–Kier alpha value is -1.77. The lowest BCUT2D eigenvalue weighted by molar-refractivity contribution is 0.695. The summed E-state index contributed by atoms with van der Waals surface area (Å²) in [5.74, 6) is 0.834. The fraction of sp³-hybridized carbons (Fsp3) is 0.400. The molecule has 1 saturated carbocycles. The van der Waals surface area contributed by atoms with E-state index in [9.17, 15) is 0 Å². The topological polar surface area (TPSA) is 50.9 Å². The summed E-state index contributed by atoms with van der Waals surface area (Å²) in [4.78, 5) is 4.33. The van der Waals surface area contributed by atoms with Crippen molar-refractivity contribution in [2.45, 2.75) is 32.7 Å². The third-order valence-corrected chi connectivity index (χ3v) is 3.78. The number of hydrogen-bond donors (Lipinski definition) is 2. The van der Waals surface area contributed by atoms with Crippen LogP contribution in [0.15, 0.2) is 24.4 Å². The van der Waals surface area contributed by atoms with Crippen LogP contribution in [-0.4, -0.2) is 11.0 Å². The molecule has 0 spiro atoms. The summed E-state index contributed by atoms with van der Waals surface area (Å²) in [6, 6.07) is 6.68. The van der Waals surface area contributed by atoms with E-state index in [1.54, 1.807) is 0 Å². The van der Waals surface area contributed by atoms with Gasteiger partial charge in [0.25, 0.3) is 0 Å². The summed E-state index contributed by atoms with van der Waals surface area (Å²) in [5.41, 5.74) is 9.00. The maximum Gasteiger partial charge on any atom is 0.0424 e. The van der Waals surface area contributed by atoms with Crippen molar-refractivity contribution in [3.63, 3.8) is 0 Å². The van der Waals surface area contributed by atoms with Crippen molar-refractivity contribution < 1.29 is 0 Å². The number of aromatic nitrogens is 1. The van der Waals surface area contributed by atoms with Crippen molar-refractivity contribution in [1.29, 1.82) is 0 Å². The third-order valence-electron chi connectivity index (χ3n) is 3.78. The second-order valence-electron chi connectivity index (χ2n) is 5.34. The zero-order valence-electron chi connectivity index (χ0n) is 10.9. The lowest BCUT2D eigenvalue weighted by Crippen LogP contribution is -2.17. The van der Waals surface area contributed by atoms with Crippen LogP contribution >= 0.6 is 0 Å². The van der Waals surface area contributed by atoms with Crippen LogP contribution in [0.25, 0.3) is 10.8 Å². The number of nitrogens with zero attached hydrogens (tertiary/aromatic N) is 1. The summed E-state index contributed by atoms with van der Waals surface area (Å²) in [5, 5.41) is 5.83. The summed E-state index contributed by atoms with van der Waals surface area (Å²) >= 11 is 0. The molecule has 94 valence electrons. The number of benzene rings is 1. The van der Waals surface area contributed by atoms with Crippen LogP contribution in [0.1, 0.15) is 25.5 Å². The highest BCUT2D eigenvalue weighted by Gasteiger charge is 2.28. The molecule has 3 rings (SSSR count). The van der Waals surface area contributed by atoms with E-state index in [4.69, 9.17) is 5.73 Å². The maximum atomic E-state index is 6.01. The minimum absolute atomic E-state index is 0.533. The molecule has 0 aliphatic heterocycles. The predicted octanol–water partition coefficient (Wildman–Crippen LogP) is 3.34. The van der Waals surface area contributed by atoms with Crippen LogP contribution in [0.4, 0.5) is 11.4 Å². The van der Waals surface area contributed by atoms with Crippen LogP contribution in [-0.2, 0) is 0 Å². The number of nitrogen functional groups attached to an aromatic ring is 1.